The van der Waals surface area contributed by atoms with Gasteiger partial charge in [0.25, 0.3) is 0 Å². The molecule has 0 amide bonds. The molecule has 0 saturated heterocycles. The fourth-order valence-corrected chi connectivity index (χ4v) is 5.84. The molecule has 0 aliphatic carbocycles. The van der Waals surface area contributed by atoms with Crippen LogP contribution >= 0.6 is 0 Å². The molecule has 0 spiro atoms. The zero-order chi connectivity index (χ0) is 26.5. The lowest BCUT2D eigenvalue weighted by atomic mass is 10.00. The van der Waals surface area contributed by atoms with Gasteiger partial charge in [0.15, 0.2) is 0 Å². The number of benzene rings is 6. The topological polar surface area (TPSA) is 21.1 Å². The van der Waals surface area contributed by atoms with Crippen molar-refractivity contribution in [1.29, 1.82) is 0 Å². The van der Waals surface area contributed by atoms with Crippen molar-refractivity contribution in [2.24, 2.45) is 0 Å². The van der Waals surface area contributed by atoms with Gasteiger partial charge in [-0.3, -0.25) is 4.57 Å². The molecular weight excluding hydrogens is 486 g/mol. The summed E-state index contributed by atoms with van der Waals surface area (Å²) in [6.07, 6.45) is 0. The molecule has 1 aliphatic rings. The predicted octanol–water partition coefficient (Wildman–Crippen LogP) is 9.81. The lowest BCUT2D eigenvalue weighted by Gasteiger charge is -2.33. The van der Waals surface area contributed by atoms with E-state index in [1.165, 1.54) is 22.3 Å². The van der Waals surface area contributed by atoms with Crippen LogP contribution in [0.3, 0.4) is 0 Å². The molecule has 1 aliphatic heterocycles. The zero-order valence-corrected chi connectivity index (χ0v) is 21.8. The number of para-hydroxylation sites is 3. The minimum atomic E-state index is 0.962. The van der Waals surface area contributed by atoms with Crippen LogP contribution in [0.1, 0.15) is 0 Å². The number of nitrogens with zero attached hydrogens (tertiary/aromatic N) is 3. The van der Waals surface area contributed by atoms with Gasteiger partial charge in [0, 0.05) is 11.3 Å². The SMILES string of the molecule is c1ccc(-c2ccc(-c3ccc(N4c5ccccc5-n5c(-c6ccccc6)nc6cccc4c65)cc3)cc2)cc1. The van der Waals surface area contributed by atoms with Gasteiger partial charge in [-0.05, 0) is 58.7 Å². The number of fused-ring (bicyclic) bond motifs is 2. The van der Waals surface area contributed by atoms with Crippen LogP contribution in [0.2, 0.25) is 0 Å². The highest BCUT2D eigenvalue weighted by atomic mass is 15.2. The summed E-state index contributed by atoms with van der Waals surface area (Å²) in [6.45, 7) is 0. The van der Waals surface area contributed by atoms with Crippen molar-refractivity contribution in [3.8, 4) is 39.3 Å². The monoisotopic (exact) mass is 511 g/mol. The molecule has 8 rings (SSSR count). The minimum Gasteiger partial charge on any atom is -0.306 e. The third kappa shape index (κ3) is 3.56. The first kappa shape index (κ1) is 22.6. The van der Waals surface area contributed by atoms with E-state index in [0.717, 1.165) is 45.2 Å². The molecule has 7 aromatic rings. The molecular formula is C37H25N3. The lowest BCUT2D eigenvalue weighted by Crippen LogP contribution is -2.18. The van der Waals surface area contributed by atoms with Crippen molar-refractivity contribution >= 4 is 28.1 Å². The van der Waals surface area contributed by atoms with Crippen molar-refractivity contribution < 1.29 is 0 Å². The van der Waals surface area contributed by atoms with Crippen molar-refractivity contribution in [3.05, 3.63) is 152 Å². The van der Waals surface area contributed by atoms with Crippen LogP contribution in [0, 0.1) is 0 Å². The molecule has 0 N–H and O–H groups in total. The molecule has 1 aromatic heterocycles. The van der Waals surface area contributed by atoms with Crippen LogP contribution in [0.4, 0.5) is 17.1 Å². The van der Waals surface area contributed by atoms with Gasteiger partial charge in [-0.2, -0.15) is 0 Å². The summed E-state index contributed by atoms with van der Waals surface area (Å²) in [5.74, 6) is 0.962. The first-order valence-electron chi connectivity index (χ1n) is 13.6. The van der Waals surface area contributed by atoms with E-state index in [2.05, 4.69) is 155 Å². The fraction of sp³-hybridized carbons (Fsp3) is 0. The lowest BCUT2D eigenvalue weighted by molar-refractivity contribution is 1.06. The maximum absolute atomic E-state index is 5.10. The third-order valence-electron chi connectivity index (χ3n) is 7.74. The van der Waals surface area contributed by atoms with Gasteiger partial charge in [-0.15, -0.1) is 0 Å². The summed E-state index contributed by atoms with van der Waals surface area (Å²) >= 11 is 0. The summed E-state index contributed by atoms with van der Waals surface area (Å²) in [5, 5.41) is 0. The minimum absolute atomic E-state index is 0.962. The molecule has 188 valence electrons. The molecule has 0 saturated carbocycles. The molecule has 0 unspecified atom stereocenters. The fourth-order valence-electron chi connectivity index (χ4n) is 5.84. The van der Waals surface area contributed by atoms with Crippen LogP contribution in [-0.4, -0.2) is 9.55 Å². The Labute approximate surface area is 233 Å². The van der Waals surface area contributed by atoms with Gasteiger partial charge in [-0.25, -0.2) is 4.98 Å². The van der Waals surface area contributed by atoms with E-state index in [4.69, 9.17) is 4.98 Å². The second-order valence-corrected chi connectivity index (χ2v) is 10.1. The van der Waals surface area contributed by atoms with Gasteiger partial charge >= 0.3 is 0 Å². The Bertz CT molecular complexity index is 1970. The molecule has 3 heteroatoms. The van der Waals surface area contributed by atoms with Crippen LogP contribution in [0.25, 0.3) is 50.4 Å². The Morgan fingerprint density at radius 3 is 1.52 bits per heavy atom. The maximum atomic E-state index is 5.10. The highest BCUT2D eigenvalue weighted by Crippen LogP contribution is 2.48. The third-order valence-corrected chi connectivity index (χ3v) is 7.74. The average Bonchev–Trinajstić information content (AvgIpc) is 3.44. The Balaban J connectivity index is 1.22. The zero-order valence-electron chi connectivity index (χ0n) is 21.8. The van der Waals surface area contributed by atoms with Gasteiger partial charge < -0.3 is 4.90 Å². The second kappa shape index (κ2) is 9.11. The summed E-state index contributed by atoms with van der Waals surface area (Å²) < 4.78 is 2.31. The molecule has 0 fully saturated rings. The van der Waals surface area contributed by atoms with Crippen molar-refractivity contribution in [2.75, 3.05) is 4.90 Å². The smallest absolute Gasteiger partial charge is 0.145 e. The molecule has 0 atom stereocenters. The molecule has 0 radical (unpaired) electrons. The number of anilines is 3. The van der Waals surface area contributed by atoms with E-state index < -0.39 is 0 Å². The Kier molecular flexibility index (Phi) is 5.14. The molecule has 0 bridgehead atoms. The molecule has 6 aromatic carbocycles. The van der Waals surface area contributed by atoms with E-state index in [0.29, 0.717) is 0 Å². The predicted molar refractivity (Wildman–Crippen MR) is 166 cm³/mol. The van der Waals surface area contributed by atoms with Crippen molar-refractivity contribution in [1.82, 2.24) is 9.55 Å². The number of hydrogen-bond donors (Lipinski definition) is 0. The van der Waals surface area contributed by atoms with E-state index in [1.54, 1.807) is 0 Å². The average molecular weight is 512 g/mol. The summed E-state index contributed by atoms with van der Waals surface area (Å²) in [5.41, 5.74) is 12.6. The van der Waals surface area contributed by atoms with Gasteiger partial charge in [0.2, 0.25) is 0 Å². The summed E-state index contributed by atoms with van der Waals surface area (Å²) in [7, 11) is 0. The largest absolute Gasteiger partial charge is 0.306 e. The van der Waals surface area contributed by atoms with Crippen LogP contribution in [-0.2, 0) is 0 Å². The van der Waals surface area contributed by atoms with E-state index in [-0.39, 0.29) is 0 Å². The van der Waals surface area contributed by atoms with Crippen LogP contribution < -0.4 is 4.90 Å². The quantitative estimate of drug-likeness (QED) is 0.234. The highest BCUT2D eigenvalue weighted by Gasteiger charge is 2.29. The maximum Gasteiger partial charge on any atom is 0.145 e. The Morgan fingerprint density at radius 2 is 0.875 bits per heavy atom. The standard InChI is InChI=1S/C37H25N3/c1-3-10-26(11-4-1)27-18-20-28(21-19-27)29-22-24-31(25-23-29)39-33-15-7-8-16-34(33)40-36-32(14-9-17-35(36)39)38-37(40)30-12-5-2-6-13-30/h1-25H. The number of hydrogen-bond acceptors (Lipinski definition) is 2. The van der Waals surface area contributed by atoms with E-state index in [1.807, 2.05) is 6.07 Å². The second-order valence-electron chi connectivity index (χ2n) is 10.1. The first-order chi connectivity index (χ1) is 19.8. The van der Waals surface area contributed by atoms with Gasteiger partial charge in [-0.1, -0.05) is 115 Å². The van der Waals surface area contributed by atoms with Gasteiger partial charge in [0.1, 0.15) is 5.82 Å². The van der Waals surface area contributed by atoms with E-state index in [9.17, 15) is 0 Å². The first-order valence-corrected chi connectivity index (χ1v) is 13.6. The molecule has 2 heterocycles. The van der Waals surface area contributed by atoms with Crippen LogP contribution in [0.15, 0.2) is 152 Å². The Hall–Kier alpha value is -5.41. The van der Waals surface area contributed by atoms with E-state index >= 15 is 0 Å². The van der Waals surface area contributed by atoms with Gasteiger partial charge in [0.05, 0.1) is 28.1 Å². The van der Waals surface area contributed by atoms with Crippen LogP contribution in [0.5, 0.6) is 0 Å². The summed E-state index contributed by atoms with van der Waals surface area (Å²) in [6, 6.07) is 53.7. The normalized spacial score (nSPS) is 11.9. The number of rotatable bonds is 4. The molecule has 3 nitrogen and oxygen atoms in total. The molecule has 40 heavy (non-hydrogen) atoms. The summed E-state index contributed by atoms with van der Waals surface area (Å²) in [4.78, 5) is 7.46. The Morgan fingerprint density at radius 1 is 0.375 bits per heavy atom. The number of imidazole rings is 1. The number of aromatic nitrogens is 2. The highest BCUT2D eigenvalue weighted by molar-refractivity contribution is 6.03. The van der Waals surface area contributed by atoms with Crippen molar-refractivity contribution in [3.63, 3.8) is 0 Å². The van der Waals surface area contributed by atoms with Crippen molar-refractivity contribution in [2.45, 2.75) is 0 Å².